The first-order valence-electron chi connectivity index (χ1n) is 5.58. The van der Waals surface area contributed by atoms with Crippen molar-refractivity contribution in [1.82, 2.24) is 0 Å². The molecule has 0 bridgehead atoms. The van der Waals surface area contributed by atoms with E-state index in [2.05, 4.69) is 10.6 Å². The molecular formula is C14H14N2O2. The fraction of sp³-hybridized carbons (Fsp3) is 0.0714. The van der Waals surface area contributed by atoms with Gasteiger partial charge in [-0.3, -0.25) is 4.79 Å². The van der Waals surface area contributed by atoms with E-state index in [0.717, 1.165) is 11.4 Å². The quantitative estimate of drug-likeness (QED) is 0.725. The summed E-state index contributed by atoms with van der Waals surface area (Å²) in [6.07, 6.45) is 0. The van der Waals surface area contributed by atoms with E-state index in [0.29, 0.717) is 5.69 Å². The van der Waals surface area contributed by atoms with Gasteiger partial charge in [0, 0.05) is 18.3 Å². The molecule has 0 radical (unpaired) electrons. The molecule has 0 fully saturated rings. The molecule has 2 aromatic carbocycles. The molecule has 92 valence electrons. The summed E-state index contributed by atoms with van der Waals surface area (Å²) >= 11 is 0. The summed E-state index contributed by atoms with van der Waals surface area (Å²) in [4.78, 5) is 10.9. The molecule has 18 heavy (non-hydrogen) atoms. The van der Waals surface area contributed by atoms with E-state index in [9.17, 15) is 9.90 Å². The molecular weight excluding hydrogens is 228 g/mol. The van der Waals surface area contributed by atoms with Crippen molar-refractivity contribution >= 4 is 23.0 Å². The third kappa shape index (κ3) is 3.01. The van der Waals surface area contributed by atoms with Gasteiger partial charge in [-0.1, -0.05) is 12.1 Å². The second kappa shape index (κ2) is 5.23. The number of hydrogen-bond acceptors (Lipinski definition) is 3. The molecule has 0 aromatic heterocycles. The Morgan fingerprint density at radius 2 is 1.61 bits per heavy atom. The number of rotatable bonds is 3. The highest BCUT2D eigenvalue weighted by Gasteiger charge is 2.00. The molecule has 4 nitrogen and oxygen atoms in total. The fourth-order valence-electron chi connectivity index (χ4n) is 1.58. The second-order valence-corrected chi connectivity index (χ2v) is 3.90. The molecule has 3 N–H and O–H groups in total. The van der Waals surface area contributed by atoms with Crippen LogP contribution in [0.4, 0.5) is 17.1 Å². The van der Waals surface area contributed by atoms with E-state index >= 15 is 0 Å². The van der Waals surface area contributed by atoms with Gasteiger partial charge < -0.3 is 15.7 Å². The molecule has 0 atom stereocenters. The van der Waals surface area contributed by atoms with Crippen LogP contribution in [0, 0.1) is 0 Å². The summed E-state index contributed by atoms with van der Waals surface area (Å²) in [6.45, 7) is 1.47. The van der Waals surface area contributed by atoms with Crippen LogP contribution in [0.25, 0.3) is 0 Å². The van der Waals surface area contributed by atoms with Gasteiger partial charge in [-0.15, -0.1) is 0 Å². The molecule has 0 heterocycles. The van der Waals surface area contributed by atoms with Gasteiger partial charge in [0.25, 0.3) is 0 Å². The van der Waals surface area contributed by atoms with Crippen LogP contribution >= 0.6 is 0 Å². The second-order valence-electron chi connectivity index (χ2n) is 3.90. The Morgan fingerprint density at radius 1 is 1.00 bits per heavy atom. The summed E-state index contributed by atoms with van der Waals surface area (Å²) < 4.78 is 0. The fourth-order valence-corrected chi connectivity index (χ4v) is 1.58. The minimum absolute atomic E-state index is 0.101. The summed E-state index contributed by atoms with van der Waals surface area (Å²) in [7, 11) is 0. The lowest BCUT2D eigenvalue weighted by Crippen LogP contribution is -2.05. The number of benzene rings is 2. The normalized spacial score (nSPS) is 9.83. The molecule has 0 aliphatic heterocycles. The largest absolute Gasteiger partial charge is 0.506 e. The van der Waals surface area contributed by atoms with E-state index in [1.165, 1.54) is 6.92 Å². The predicted molar refractivity (Wildman–Crippen MR) is 72.1 cm³/mol. The van der Waals surface area contributed by atoms with Crippen molar-refractivity contribution in [2.75, 3.05) is 10.6 Å². The Morgan fingerprint density at radius 3 is 2.22 bits per heavy atom. The Bertz CT molecular complexity index is 550. The van der Waals surface area contributed by atoms with Crippen LogP contribution in [-0.4, -0.2) is 11.0 Å². The van der Waals surface area contributed by atoms with Crippen molar-refractivity contribution in [1.29, 1.82) is 0 Å². The van der Waals surface area contributed by atoms with Crippen molar-refractivity contribution in [3.8, 4) is 5.75 Å². The Labute approximate surface area is 105 Å². The maximum Gasteiger partial charge on any atom is 0.221 e. The van der Waals surface area contributed by atoms with Crippen molar-refractivity contribution in [3.05, 3.63) is 48.5 Å². The smallest absolute Gasteiger partial charge is 0.221 e. The number of amides is 1. The van der Waals surface area contributed by atoms with Crippen molar-refractivity contribution in [2.24, 2.45) is 0 Å². The van der Waals surface area contributed by atoms with Crippen LogP contribution in [0.1, 0.15) is 6.92 Å². The van der Waals surface area contributed by atoms with Crippen LogP contribution in [0.2, 0.25) is 0 Å². The highest BCUT2D eigenvalue weighted by Crippen LogP contribution is 2.26. The third-order valence-electron chi connectivity index (χ3n) is 2.39. The van der Waals surface area contributed by atoms with E-state index < -0.39 is 0 Å². The van der Waals surface area contributed by atoms with Gasteiger partial charge in [-0.25, -0.2) is 0 Å². The molecule has 0 saturated carbocycles. The lowest BCUT2D eigenvalue weighted by molar-refractivity contribution is -0.114. The number of anilines is 3. The average molecular weight is 242 g/mol. The van der Waals surface area contributed by atoms with Crippen LogP contribution in [-0.2, 0) is 4.79 Å². The first kappa shape index (κ1) is 12.0. The number of para-hydroxylation sites is 2. The maximum absolute atomic E-state index is 10.9. The summed E-state index contributed by atoms with van der Waals surface area (Å²) in [5, 5.41) is 15.4. The number of hydrogen-bond donors (Lipinski definition) is 3. The zero-order chi connectivity index (χ0) is 13.0. The van der Waals surface area contributed by atoms with Gasteiger partial charge in [-0.05, 0) is 36.4 Å². The highest BCUT2D eigenvalue weighted by atomic mass is 16.3. The summed E-state index contributed by atoms with van der Waals surface area (Å²) in [5.74, 6) is 0.0971. The molecule has 4 heteroatoms. The molecule has 2 aromatic rings. The Balaban J connectivity index is 2.11. The maximum atomic E-state index is 10.9. The molecule has 1 amide bonds. The molecule has 0 unspecified atom stereocenters. The minimum Gasteiger partial charge on any atom is -0.506 e. The third-order valence-corrected chi connectivity index (χ3v) is 2.39. The first-order valence-corrected chi connectivity index (χ1v) is 5.58. The SMILES string of the molecule is CC(=O)Nc1ccc(Nc2ccccc2O)cc1. The molecule has 0 spiro atoms. The lowest BCUT2D eigenvalue weighted by Gasteiger charge is -2.09. The standard InChI is InChI=1S/C14H14N2O2/c1-10(17)15-11-6-8-12(9-7-11)16-13-4-2-3-5-14(13)18/h2-9,16,18H,1H3,(H,15,17). The van der Waals surface area contributed by atoms with E-state index in [1.807, 2.05) is 18.2 Å². The van der Waals surface area contributed by atoms with Gasteiger partial charge in [0.15, 0.2) is 0 Å². The monoisotopic (exact) mass is 242 g/mol. The van der Waals surface area contributed by atoms with Crippen LogP contribution in [0.3, 0.4) is 0 Å². The van der Waals surface area contributed by atoms with Gasteiger partial charge in [0.2, 0.25) is 5.91 Å². The van der Waals surface area contributed by atoms with Gasteiger partial charge in [-0.2, -0.15) is 0 Å². The van der Waals surface area contributed by atoms with E-state index in [-0.39, 0.29) is 11.7 Å². The molecule has 2 rings (SSSR count). The van der Waals surface area contributed by atoms with Crippen molar-refractivity contribution < 1.29 is 9.90 Å². The number of carbonyl (C=O) groups excluding carboxylic acids is 1. The number of nitrogens with one attached hydrogen (secondary N) is 2. The van der Waals surface area contributed by atoms with Gasteiger partial charge in [0.05, 0.1) is 5.69 Å². The van der Waals surface area contributed by atoms with Crippen molar-refractivity contribution in [3.63, 3.8) is 0 Å². The number of carbonyl (C=O) groups is 1. The van der Waals surface area contributed by atoms with E-state index in [4.69, 9.17) is 0 Å². The topological polar surface area (TPSA) is 61.4 Å². The molecule has 0 aliphatic rings. The van der Waals surface area contributed by atoms with Crippen LogP contribution in [0.5, 0.6) is 5.75 Å². The number of aromatic hydroxyl groups is 1. The molecule has 0 aliphatic carbocycles. The number of phenolic OH excluding ortho intramolecular Hbond substituents is 1. The summed E-state index contributed by atoms with van der Waals surface area (Å²) in [6, 6.07) is 14.3. The van der Waals surface area contributed by atoms with Crippen molar-refractivity contribution in [2.45, 2.75) is 6.92 Å². The zero-order valence-corrected chi connectivity index (χ0v) is 9.97. The molecule has 0 saturated heterocycles. The summed E-state index contributed by atoms with van der Waals surface area (Å²) in [5.41, 5.74) is 2.22. The zero-order valence-electron chi connectivity index (χ0n) is 9.97. The van der Waals surface area contributed by atoms with E-state index in [1.54, 1.807) is 30.3 Å². The average Bonchev–Trinajstić information content (AvgIpc) is 2.34. The Kier molecular flexibility index (Phi) is 3.48. The lowest BCUT2D eigenvalue weighted by atomic mass is 10.2. The first-order chi connectivity index (χ1) is 8.65. The predicted octanol–water partition coefficient (Wildman–Crippen LogP) is 3.09. The van der Waals surface area contributed by atoms with Crippen LogP contribution < -0.4 is 10.6 Å². The number of phenols is 1. The van der Waals surface area contributed by atoms with Gasteiger partial charge in [0.1, 0.15) is 5.75 Å². The van der Waals surface area contributed by atoms with Gasteiger partial charge >= 0.3 is 0 Å². The van der Waals surface area contributed by atoms with Crippen LogP contribution in [0.15, 0.2) is 48.5 Å². The highest BCUT2D eigenvalue weighted by molar-refractivity contribution is 5.88. The minimum atomic E-state index is -0.101. The Hall–Kier alpha value is -2.49.